The van der Waals surface area contributed by atoms with Crippen molar-refractivity contribution in [3.8, 4) is 0 Å². The number of carboxylic acid groups (broad SMARTS) is 1. The van der Waals surface area contributed by atoms with Crippen LogP contribution in [-0.2, 0) is 11.2 Å². The van der Waals surface area contributed by atoms with Gasteiger partial charge in [-0.2, -0.15) is 0 Å². The quantitative estimate of drug-likeness (QED) is 0.874. The van der Waals surface area contributed by atoms with Gasteiger partial charge in [0, 0.05) is 12.6 Å². The van der Waals surface area contributed by atoms with Crippen LogP contribution in [0.4, 0.5) is 5.69 Å². The highest BCUT2D eigenvalue weighted by Crippen LogP contribution is 2.10. The number of aryl methyl sites for hydroxylation is 1. The second-order valence-corrected chi connectivity index (χ2v) is 4.30. The van der Waals surface area contributed by atoms with Crippen LogP contribution in [-0.4, -0.2) is 22.0 Å². The molecule has 2 N–H and O–H groups in total. The SMILES string of the molecule is O=C(CCc1ccccc1)Nc1cncc(C(=O)O)c1. The van der Waals surface area contributed by atoms with Gasteiger partial charge in [0.2, 0.25) is 5.91 Å². The number of carbonyl (C=O) groups excluding carboxylic acids is 1. The van der Waals surface area contributed by atoms with Crippen molar-refractivity contribution in [1.82, 2.24) is 4.98 Å². The van der Waals surface area contributed by atoms with E-state index in [0.29, 0.717) is 18.5 Å². The van der Waals surface area contributed by atoms with E-state index in [9.17, 15) is 9.59 Å². The zero-order valence-electron chi connectivity index (χ0n) is 10.7. The molecule has 2 rings (SSSR count). The number of carboxylic acids is 1. The molecule has 1 aromatic heterocycles. The van der Waals surface area contributed by atoms with Gasteiger partial charge in [-0.25, -0.2) is 4.79 Å². The molecule has 0 unspecified atom stereocenters. The standard InChI is InChI=1S/C15H14N2O3/c18-14(7-6-11-4-2-1-3-5-11)17-13-8-12(15(19)20)9-16-10-13/h1-5,8-10H,6-7H2,(H,17,18)(H,19,20). The summed E-state index contributed by atoms with van der Waals surface area (Å²) < 4.78 is 0. The molecule has 0 saturated heterocycles. The fraction of sp³-hybridized carbons (Fsp3) is 0.133. The molecule has 5 nitrogen and oxygen atoms in total. The van der Waals surface area contributed by atoms with Gasteiger partial charge in [0.15, 0.2) is 0 Å². The lowest BCUT2D eigenvalue weighted by molar-refractivity contribution is -0.116. The molecule has 1 heterocycles. The molecule has 0 aliphatic heterocycles. The van der Waals surface area contributed by atoms with Crippen LogP contribution in [0.1, 0.15) is 22.3 Å². The minimum atomic E-state index is -1.07. The second kappa shape index (κ2) is 6.47. The number of hydrogen-bond donors (Lipinski definition) is 2. The molecule has 0 aliphatic carbocycles. The maximum Gasteiger partial charge on any atom is 0.337 e. The Labute approximate surface area is 116 Å². The zero-order valence-corrected chi connectivity index (χ0v) is 10.7. The molecule has 20 heavy (non-hydrogen) atoms. The topological polar surface area (TPSA) is 79.3 Å². The Balaban J connectivity index is 1.91. The van der Waals surface area contributed by atoms with E-state index in [4.69, 9.17) is 5.11 Å². The summed E-state index contributed by atoms with van der Waals surface area (Å²) in [5, 5.41) is 11.5. The predicted octanol–water partition coefficient (Wildman–Crippen LogP) is 2.35. The third-order valence-electron chi connectivity index (χ3n) is 2.75. The van der Waals surface area contributed by atoms with Crippen LogP contribution in [0.15, 0.2) is 48.8 Å². The molecule has 0 aliphatic rings. The number of aromatic carboxylic acids is 1. The fourth-order valence-corrected chi connectivity index (χ4v) is 1.75. The van der Waals surface area contributed by atoms with Crippen LogP contribution in [0, 0.1) is 0 Å². The van der Waals surface area contributed by atoms with E-state index in [0.717, 1.165) is 5.56 Å². The zero-order chi connectivity index (χ0) is 14.4. The molecular weight excluding hydrogens is 256 g/mol. The van der Waals surface area contributed by atoms with Crippen LogP contribution in [0.5, 0.6) is 0 Å². The minimum absolute atomic E-state index is 0.0471. The largest absolute Gasteiger partial charge is 0.478 e. The van der Waals surface area contributed by atoms with Gasteiger partial charge in [-0.05, 0) is 18.1 Å². The smallest absolute Gasteiger partial charge is 0.337 e. The third kappa shape index (κ3) is 3.91. The van der Waals surface area contributed by atoms with Gasteiger partial charge < -0.3 is 10.4 Å². The van der Waals surface area contributed by atoms with Crippen LogP contribution in [0.3, 0.4) is 0 Å². The van der Waals surface area contributed by atoms with Crippen molar-refractivity contribution in [2.24, 2.45) is 0 Å². The van der Waals surface area contributed by atoms with Gasteiger partial charge in [0.1, 0.15) is 0 Å². The number of pyridine rings is 1. The molecule has 0 bridgehead atoms. The van der Waals surface area contributed by atoms with E-state index in [-0.39, 0.29) is 11.5 Å². The van der Waals surface area contributed by atoms with Crippen LogP contribution < -0.4 is 5.32 Å². The highest BCUT2D eigenvalue weighted by Gasteiger charge is 2.07. The van der Waals surface area contributed by atoms with Crippen LogP contribution in [0.2, 0.25) is 0 Å². The van der Waals surface area contributed by atoms with E-state index in [1.54, 1.807) is 0 Å². The van der Waals surface area contributed by atoms with Crippen molar-refractivity contribution in [3.05, 3.63) is 59.9 Å². The first kappa shape index (κ1) is 13.7. The fourth-order valence-electron chi connectivity index (χ4n) is 1.75. The normalized spacial score (nSPS) is 10.0. The monoisotopic (exact) mass is 270 g/mol. The Morgan fingerprint density at radius 2 is 1.90 bits per heavy atom. The van der Waals surface area contributed by atoms with Crippen molar-refractivity contribution < 1.29 is 14.7 Å². The number of anilines is 1. The summed E-state index contributed by atoms with van der Waals surface area (Å²) in [5.74, 6) is -1.24. The summed E-state index contributed by atoms with van der Waals surface area (Å²) in [5.41, 5.74) is 1.52. The third-order valence-corrected chi connectivity index (χ3v) is 2.75. The first-order valence-corrected chi connectivity index (χ1v) is 6.17. The maximum atomic E-state index is 11.8. The molecule has 0 saturated carbocycles. The molecule has 1 aromatic carbocycles. The van der Waals surface area contributed by atoms with E-state index in [1.165, 1.54) is 18.5 Å². The average molecular weight is 270 g/mol. The first-order valence-electron chi connectivity index (χ1n) is 6.17. The summed E-state index contributed by atoms with van der Waals surface area (Å²) in [7, 11) is 0. The lowest BCUT2D eigenvalue weighted by Crippen LogP contribution is -2.13. The van der Waals surface area contributed by atoms with Gasteiger partial charge in [0.05, 0.1) is 17.4 Å². The second-order valence-electron chi connectivity index (χ2n) is 4.30. The average Bonchev–Trinajstić information content (AvgIpc) is 2.46. The first-order chi connectivity index (χ1) is 9.65. The number of benzene rings is 1. The Morgan fingerprint density at radius 1 is 1.15 bits per heavy atom. The molecule has 102 valence electrons. The lowest BCUT2D eigenvalue weighted by atomic mass is 10.1. The van der Waals surface area contributed by atoms with Gasteiger partial charge in [0.25, 0.3) is 0 Å². The van der Waals surface area contributed by atoms with Crippen molar-refractivity contribution in [1.29, 1.82) is 0 Å². The highest BCUT2D eigenvalue weighted by molar-refractivity contribution is 5.93. The molecule has 2 aromatic rings. The molecular formula is C15H14N2O3. The molecule has 0 radical (unpaired) electrons. The van der Waals surface area contributed by atoms with Gasteiger partial charge in [-0.15, -0.1) is 0 Å². The van der Waals surface area contributed by atoms with E-state index < -0.39 is 5.97 Å². The maximum absolute atomic E-state index is 11.8. The lowest BCUT2D eigenvalue weighted by Gasteiger charge is -2.05. The van der Waals surface area contributed by atoms with Crippen molar-refractivity contribution in [2.45, 2.75) is 12.8 Å². The number of carbonyl (C=O) groups is 2. The Morgan fingerprint density at radius 3 is 2.60 bits per heavy atom. The Kier molecular flexibility index (Phi) is 4.44. The Hall–Kier alpha value is -2.69. The molecule has 5 heteroatoms. The number of rotatable bonds is 5. The van der Waals surface area contributed by atoms with E-state index >= 15 is 0 Å². The summed E-state index contributed by atoms with van der Waals surface area (Å²) in [6, 6.07) is 11.1. The van der Waals surface area contributed by atoms with Gasteiger partial charge >= 0.3 is 5.97 Å². The molecule has 1 amide bonds. The van der Waals surface area contributed by atoms with Crippen LogP contribution >= 0.6 is 0 Å². The van der Waals surface area contributed by atoms with Crippen LogP contribution in [0.25, 0.3) is 0 Å². The van der Waals surface area contributed by atoms with Gasteiger partial charge in [-0.3, -0.25) is 9.78 Å². The number of nitrogens with one attached hydrogen (secondary N) is 1. The molecule has 0 spiro atoms. The summed E-state index contributed by atoms with van der Waals surface area (Å²) in [4.78, 5) is 26.4. The summed E-state index contributed by atoms with van der Waals surface area (Å²) in [6.45, 7) is 0. The minimum Gasteiger partial charge on any atom is -0.478 e. The summed E-state index contributed by atoms with van der Waals surface area (Å²) in [6.07, 6.45) is 3.63. The van der Waals surface area contributed by atoms with Crippen molar-refractivity contribution in [2.75, 3.05) is 5.32 Å². The molecule has 0 atom stereocenters. The van der Waals surface area contributed by atoms with Crippen molar-refractivity contribution >= 4 is 17.6 Å². The summed E-state index contributed by atoms with van der Waals surface area (Å²) >= 11 is 0. The number of amides is 1. The van der Waals surface area contributed by atoms with Crippen molar-refractivity contribution in [3.63, 3.8) is 0 Å². The number of hydrogen-bond acceptors (Lipinski definition) is 3. The van der Waals surface area contributed by atoms with Gasteiger partial charge in [-0.1, -0.05) is 30.3 Å². The number of aromatic nitrogens is 1. The predicted molar refractivity (Wildman–Crippen MR) is 74.6 cm³/mol. The van der Waals surface area contributed by atoms with E-state index in [2.05, 4.69) is 10.3 Å². The molecule has 0 fully saturated rings. The Bertz CT molecular complexity index is 612. The van der Waals surface area contributed by atoms with E-state index in [1.807, 2.05) is 30.3 Å². The highest BCUT2D eigenvalue weighted by atomic mass is 16.4. The number of nitrogens with zero attached hydrogens (tertiary/aromatic N) is 1.